The molecule has 110 valence electrons. The van der Waals surface area contributed by atoms with E-state index in [4.69, 9.17) is 4.74 Å². The van der Waals surface area contributed by atoms with Crippen LogP contribution in [0, 0.1) is 6.92 Å². The normalized spacial score (nSPS) is 10.5. The Morgan fingerprint density at radius 1 is 1.00 bits per heavy atom. The van der Waals surface area contributed by atoms with Gasteiger partial charge in [-0.05, 0) is 6.92 Å². The zero-order valence-corrected chi connectivity index (χ0v) is 13.2. The number of hydrogen-bond donors (Lipinski definition) is 0. The number of esters is 1. The maximum absolute atomic E-state index is 11.3. The highest BCUT2D eigenvalue weighted by atomic mass is 32.1. The molecule has 0 bridgehead atoms. The standard InChI is InChI=1S/C18H15NO2S/c1-12-8-10-15(11-9-12)17-19-16(14-6-4-3-5-7-14)18(22-17)21-13(2)20/h3-11H,1-2H3. The first kappa shape index (κ1) is 14.5. The van der Waals surface area contributed by atoms with Crippen molar-refractivity contribution in [3.63, 3.8) is 0 Å². The lowest BCUT2D eigenvalue weighted by atomic mass is 10.1. The molecule has 0 aliphatic carbocycles. The summed E-state index contributed by atoms with van der Waals surface area (Å²) in [7, 11) is 0. The maximum Gasteiger partial charge on any atom is 0.308 e. The maximum atomic E-state index is 11.3. The Kier molecular flexibility index (Phi) is 4.02. The third kappa shape index (κ3) is 3.07. The Balaban J connectivity index is 2.08. The number of aromatic nitrogens is 1. The van der Waals surface area contributed by atoms with E-state index >= 15 is 0 Å². The van der Waals surface area contributed by atoms with E-state index in [1.807, 2.05) is 61.5 Å². The van der Waals surface area contributed by atoms with Gasteiger partial charge in [-0.2, -0.15) is 0 Å². The molecule has 3 nitrogen and oxygen atoms in total. The van der Waals surface area contributed by atoms with Crippen molar-refractivity contribution in [3.8, 4) is 26.9 Å². The van der Waals surface area contributed by atoms with Crippen molar-refractivity contribution < 1.29 is 9.53 Å². The summed E-state index contributed by atoms with van der Waals surface area (Å²) in [4.78, 5) is 16.0. The van der Waals surface area contributed by atoms with Crippen LogP contribution in [0.5, 0.6) is 5.06 Å². The van der Waals surface area contributed by atoms with Gasteiger partial charge in [-0.3, -0.25) is 4.79 Å². The summed E-state index contributed by atoms with van der Waals surface area (Å²) in [5.74, 6) is -0.337. The Morgan fingerprint density at radius 2 is 1.68 bits per heavy atom. The molecule has 0 radical (unpaired) electrons. The predicted octanol–water partition coefficient (Wildman–Crippen LogP) is 4.71. The first-order valence-corrected chi connectivity index (χ1v) is 7.77. The van der Waals surface area contributed by atoms with Crippen molar-refractivity contribution in [3.05, 3.63) is 60.2 Å². The molecule has 0 saturated heterocycles. The van der Waals surface area contributed by atoms with Crippen LogP contribution in [0.1, 0.15) is 12.5 Å². The van der Waals surface area contributed by atoms with Gasteiger partial charge in [0.15, 0.2) is 0 Å². The number of aryl methyl sites for hydroxylation is 1. The van der Waals surface area contributed by atoms with Crippen molar-refractivity contribution in [1.82, 2.24) is 4.98 Å². The molecule has 0 fully saturated rings. The van der Waals surface area contributed by atoms with Crippen LogP contribution in [-0.4, -0.2) is 11.0 Å². The van der Waals surface area contributed by atoms with Crippen LogP contribution in [0.25, 0.3) is 21.8 Å². The van der Waals surface area contributed by atoms with Gasteiger partial charge in [0.25, 0.3) is 0 Å². The number of carbonyl (C=O) groups is 1. The van der Waals surface area contributed by atoms with Crippen molar-refractivity contribution >= 4 is 17.3 Å². The number of ether oxygens (including phenoxy) is 1. The molecule has 2 aromatic carbocycles. The highest BCUT2D eigenvalue weighted by molar-refractivity contribution is 7.17. The summed E-state index contributed by atoms with van der Waals surface area (Å²) in [6.45, 7) is 3.45. The minimum atomic E-state index is -0.337. The first-order chi connectivity index (χ1) is 10.6. The van der Waals surface area contributed by atoms with Crippen LogP contribution < -0.4 is 4.74 Å². The second-order valence-electron chi connectivity index (χ2n) is 4.98. The summed E-state index contributed by atoms with van der Waals surface area (Å²) in [6, 6.07) is 17.9. The minimum absolute atomic E-state index is 0.337. The molecule has 0 atom stereocenters. The van der Waals surface area contributed by atoms with Crippen molar-refractivity contribution in [1.29, 1.82) is 0 Å². The molecule has 1 heterocycles. The molecule has 3 aromatic rings. The van der Waals surface area contributed by atoms with Crippen LogP contribution in [-0.2, 0) is 4.79 Å². The van der Waals surface area contributed by atoms with Crippen LogP contribution in [0.3, 0.4) is 0 Å². The summed E-state index contributed by atoms with van der Waals surface area (Å²) >= 11 is 1.39. The molecule has 0 aliphatic rings. The fraction of sp³-hybridized carbons (Fsp3) is 0.111. The lowest BCUT2D eigenvalue weighted by molar-refractivity contribution is -0.131. The van der Waals surface area contributed by atoms with Gasteiger partial charge in [-0.15, -0.1) is 0 Å². The van der Waals surface area contributed by atoms with Gasteiger partial charge >= 0.3 is 5.97 Å². The quantitative estimate of drug-likeness (QED) is 0.658. The Labute approximate surface area is 133 Å². The average molecular weight is 309 g/mol. The van der Waals surface area contributed by atoms with Crippen molar-refractivity contribution in [2.45, 2.75) is 13.8 Å². The number of nitrogens with zero attached hydrogens (tertiary/aromatic N) is 1. The largest absolute Gasteiger partial charge is 0.413 e. The van der Waals surface area contributed by atoms with E-state index in [0.717, 1.165) is 16.1 Å². The lowest BCUT2D eigenvalue weighted by Crippen LogP contribution is -2.00. The molecule has 0 aliphatic heterocycles. The lowest BCUT2D eigenvalue weighted by Gasteiger charge is -2.00. The van der Waals surface area contributed by atoms with Gasteiger partial charge in [0.1, 0.15) is 10.7 Å². The van der Waals surface area contributed by atoms with Crippen molar-refractivity contribution in [2.24, 2.45) is 0 Å². The van der Waals surface area contributed by atoms with Crippen LogP contribution in [0.4, 0.5) is 0 Å². The highest BCUT2D eigenvalue weighted by Gasteiger charge is 2.17. The SMILES string of the molecule is CC(=O)Oc1sc(-c2ccc(C)cc2)nc1-c1ccccc1. The fourth-order valence-electron chi connectivity index (χ4n) is 2.10. The van der Waals surface area contributed by atoms with E-state index in [1.54, 1.807) is 0 Å². The molecule has 1 aromatic heterocycles. The second-order valence-corrected chi connectivity index (χ2v) is 5.94. The van der Waals surface area contributed by atoms with Gasteiger partial charge in [-0.25, -0.2) is 4.98 Å². The third-order valence-electron chi connectivity index (χ3n) is 3.18. The molecule has 0 N–H and O–H groups in total. The average Bonchev–Trinajstić information content (AvgIpc) is 2.92. The van der Waals surface area contributed by atoms with Gasteiger partial charge < -0.3 is 4.74 Å². The Hall–Kier alpha value is -2.46. The first-order valence-electron chi connectivity index (χ1n) is 6.95. The smallest absolute Gasteiger partial charge is 0.308 e. The van der Waals surface area contributed by atoms with E-state index in [0.29, 0.717) is 10.8 Å². The third-order valence-corrected chi connectivity index (χ3v) is 4.16. The van der Waals surface area contributed by atoms with E-state index in [1.165, 1.54) is 23.8 Å². The Morgan fingerprint density at radius 3 is 2.32 bits per heavy atom. The number of rotatable bonds is 3. The topological polar surface area (TPSA) is 39.2 Å². The summed E-state index contributed by atoms with van der Waals surface area (Å²) in [6.07, 6.45) is 0. The summed E-state index contributed by atoms with van der Waals surface area (Å²) in [5, 5.41) is 1.38. The highest BCUT2D eigenvalue weighted by Crippen LogP contribution is 2.39. The number of benzene rings is 2. The number of hydrogen-bond acceptors (Lipinski definition) is 4. The number of carbonyl (C=O) groups excluding carboxylic acids is 1. The molecule has 0 amide bonds. The van der Waals surface area contributed by atoms with Gasteiger partial charge in [0.2, 0.25) is 5.06 Å². The number of thiazole rings is 1. The molecule has 22 heavy (non-hydrogen) atoms. The van der Waals surface area contributed by atoms with Crippen LogP contribution >= 0.6 is 11.3 Å². The zero-order chi connectivity index (χ0) is 15.5. The van der Waals surface area contributed by atoms with E-state index in [-0.39, 0.29) is 5.97 Å². The van der Waals surface area contributed by atoms with E-state index in [2.05, 4.69) is 4.98 Å². The van der Waals surface area contributed by atoms with Gasteiger partial charge in [0.05, 0.1) is 0 Å². The molecular formula is C18H15NO2S. The summed E-state index contributed by atoms with van der Waals surface area (Å²) in [5.41, 5.74) is 3.86. The zero-order valence-electron chi connectivity index (χ0n) is 12.4. The van der Waals surface area contributed by atoms with Crippen LogP contribution in [0.15, 0.2) is 54.6 Å². The van der Waals surface area contributed by atoms with Gasteiger partial charge in [0, 0.05) is 18.1 Å². The van der Waals surface area contributed by atoms with Gasteiger partial charge in [-0.1, -0.05) is 71.5 Å². The predicted molar refractivity (Wildman–Crippen MR) is 89.0 cm³/mol. The molecule has 4 heteroatoms. The second kappa shape index (κ2) is 6.12. The monoisotopic (exact) mass is 309 g/mol. The Bertz CT molecular complexity index is 792. The van der Waals surface area contributed by atoms with E-state index in [9.17, 15) is 4.79 Å². The minimum Gasteiger partial charge on any atom is -0.413 e. The molecule has 3 rings (SSSR count). The van der Waals surface area contributed by atoms with Crippen LogP contribution in [0.2, 0.25) is 0 Å². The molecule has 0 unspecified atom stereocenters. The molecule has 0 saturated carbocycles. The van der Waals surface area contributed by atoms with E-state index < -0.39 is 0 Å². The molecule has 0 spiro atoms. The van der Waals surface area contributed by atoms with Crippen molar-refractivity contribution in [2.75, 3.05) is 0 Å². The summed E-state index contributed by atoms with van der Waals surface area (Å²) < 4.78 is 5.34. The molecular weight excluding hydrogens is 294 g/mol. The fourth-order valence-corrected chi connectivity index (χ4v) is 3.09.